The van der Waals surface area contributed by atoms with Crippen molar-refractivity contribution in [1.82, 2.24) is 20.1 Å². The summed E-state index contributed by atoms with van der Waals surface area (Å²) in [6.45, 7) is 3.83. The number of amides is 3. The molecule has 1 unspecified atom stereocenters. The molecule has 1 atom stereocenters. The molecule has 9 nitrogen and oxygen atoms in total. The summed E-state index contributed by atoms with van der Waals surface area (Å²) in [4.78, 5) is 48.1. The van der Waals surface area contributed by atoms with Crippen molar-refractivity contribution in [1.29, 1.82) is 0 Å². The van der Waals surface area contributed by atoms with Gasteiger partial charge in [-0.05, 0) is 36.4 Å². The van der Waals surface area contributed by atoms with Crippen LogP contribution in [0.3, 0.4) is 0 Å². The summed E-state index contributed by atoms with van der Waals surface area (Å²) in [7, 11) is 0. The van der Waals surface area contributed by atoms with Gasteiger partial charge in [0, 0.05) is 51.2 Å². The summed E-state index contributed by atoms with van der Waals surface area (Å²) < 4.78 is 13.1. The molecule has 33 heavy (non-hydrogen) atoms. The van der Waals surface area contributed by atoms with Crippen LogP contribution in [0.25, 0.3) is 0 Å². The fourth-order valence-corrected chi connectivity index (χ4v) is 4.09. The molecule has 0 aliphatic carbocycles. The van der Waals surface area contributed by atoms with Crippen molar-refractivity contribution in [2.75, 3.05) is 56.0 Å². The number of carbonyl (C=O) groups is 3. The van der Waals surface area contributed by atoms with E-state index in [0.29, 0.717) is 31.9 Å². The standard InChI is InChI=1S/C23H27FN6O3/c24-17-4-6-18(7-5-17)27-21(31)15-19-23(33)26-9-10-30(19)22(32)16-28-11-13-29(14-12-28)20-3-1-2-8-25-20/h1-8,19H,9-16H2,(H,26,33)(H,27,31). The number of anilines is 2. The quantitative estimate of drug-likeness (QED) is 0.667. The Morgan fingerprint density at radius 3 is 2.52 bits per heavy atom. The van der Waals surface area contributed by atoms with Gasteiger partial charge in [-0.1, -0.05) is 6.07 Å². The van der Waals surface area contributed by atoms with Gasteiger partial charge in [0.1, 0.15) is 17.7 Å². The van der Waals surface area contributed by atoms with Crippen LogP contribution in [0.15, 0.2) is 48.7 Å². The molecule has 10 heteroatoms. The minimum atomic E-state index is -0.874. The lowest BCUT2D eigenvalue weighted by Gasteiger charge is -2.38. The molecule has 2 saturated heterocycles. The maximum Gasteiger partial charge on any atom is 0.243 e. The highest BCUT2D eigenvalue weighted by Gasteiger charge is 2.35. The Morgan fingerprint density at radius 2 is 1.82 bits per heavy atom. The van der Waals surface area contributed by atoms with Gasteiger partial charge in [0.05, 0.1) is 13.0 Å². The third-order valence-electron chi connectivity index (χ3n) is 5.86. The van der Waals surface area contributed by atoms with Crippen LogP contribution < -0.4 is 15.5 Å². The molecule has 2 fully saturated rings. The fourth-order valence-electron chi connectivity index (χ4n) is 4.09. The zero-order valence-corrected chi connectivity index (χ0v) is 18.2. The van der Waals surface area contributed by atoms with Crippen LogP contribution in [0.2, 0.25) is 0 Å². The van der Waals surface area contributed by atoms with E-state index in [4.69, 9.17) is 0 Å². The zero-order chi connectivity index (χ0) is 23.2. The van der Waals surface area contributed by atoms with Crippen molar-refractivity contribution in [3.8, 4) is 0 Å². The highest BCUT2D eigenvalue weighted by Crippen LogP contribution is 2.15. The number of hydrogen-bond donors (Lipinski definition) is 2. The van der Waals surface area contributed by atoms with E-state index in [-0.39, 0.29) is 24.8 Å². The molecular formula is C23H27FN6O3. The SMILES string of the molecule is O=C(CC1C(=O)NCCN1C(=O)CN1CCN(c2ccccn2)CC1)Nc1ccc(F)cc1. The van der Waals surface area contributed by atoms with Gasteiger partial charge in [0.2, 0.25) is 17.7 Å². The summed E-state index contributed by atoms with van der Waals surface area (Å²) in [5.74, 6) is -0.411. The van der Waals surface area contributed by atoms with Crippen molar-refractivity contribution < 1.29 is 18.8 Å². The van der Waals surface area contributed by atoms with Gasteiger partial charge < -0.3 is 20.4 Å². The van der Waals surface area contributed by atoms with E-state index in [9.17, 15) is 18.8 Å². The summed E-state index contributed by atoms with van der Waals surface area (Å²) in [6.07, 6.45) is 1.60. The molecule has 2 N–H and O–H groups in total. The maximum absolute atomic E-state index is 13.1. The normalized spacial score (nSPS) is 19.2. The Kier molecular flexibility index (Phi) is 7.13. The van der Waals surface area contributed by atoms with Crippen LogP contribution in [0.4, 0.5) is 15.9 Å². The molecule has 2 aliphatic heterocycles. The van der Waals surface area contributed by atoms with Gasteiger partial charge in [0.15, 0.2) is 0 Å². The monoisotopic (exact) mass is 454 g/mol. The Bertz CT molecular complexity index is 979. The number of carbonyl (C=O) groups excluding carboxylic acids is 3. The van der Waals surface area contributed by atoms with Crippen LogP contribution >= 0.6 is 0 Å². The molecule has 2 aliphatic rings. The van der Waals surface area contributed by atoms with Crippen LogP contribution in [0.1, 0.15) is 6.42 Å². The molecule has 2 aromatic rings. The van der Waals surface area contributed by atoms with Crippen molar-refractivity contribution in [2.45, 2.75) is 12.5 Å². The van der Waals surface area contributed by atoms with Crippen LogP contribution in [0.5, 0.6) is 0 Å². The van der Waals surface area contributed by atoms with Crippen molar-refractivity contribution in [3.63, 3.8) is 0 Å². The van der Waals surface area contributed by atoms with Crippen LogP contribution in [0, 0.1) is 5.82 Å². The molecule has 4 rings (SSSR count). The lowest BCUT2D eigenvalue weighted by Crippen LogP contribution is -2.60. The molecule has 1 aromatic heterocycles. The second-order valence-electron chi connectivity index (χ2n) is 8.10. The molecule has 3 heterocycles. The molecule has 174 valence electrons. The number of pyridine rings is 1. The van der Waals surface area contributed by atoms with Crippen LogP contribution in [-0.2, 0) is 14.4 Å². The van der Waals surface area contributed by atoms with E-state index in [0.717, 1.165) is 18.9 Å². The highest BCUT2D eigenvalue weighted by atomic mass is 19.1. The average molecular weight is 455 g/mol. The Balaban J connectivity index is 1.32. The molecule has 0 radical (unpaired) electrons. The number of aromatic nitrogens is 1. The van der Waals surface area contributed by atoms with Crippen molar-refractivity contribution in [2.24, 2.45) is 0 Å². The van der Waals surface area contributed by atoms with E-state index in [1.54, 1.807) is 6.20 Å². The first-order chi connectivity index (χ1) is 16.0. The van der Waals surface area contributed by atoms with Gasteiger partial charge in [-0.15, -0.1) is 0 Å². The molecule has 0 spiro atoms. The second-order valence-corrected chi connectivity index (χ2v) is 8.10. The molecule has 1 aromatic carbocycles. The highest BCUT2D eigenvalue weighted by molar-refractivity contribution is 5.97. The number of benzene rings is 1. The minimum absolute atomic E-state index is 0.164. The summed E-state index contributed by atoms with van der Waals surface area (Å²) in [5, 5.41) is 5.38. The first-order valence-corrected chi connectivity index (χ1v) is 11.0. The maximum atomic E-state index is 13.1. The van der Waals surface area contributed by atoms with Crippen LogP contribution in [-0.4, -0.2) is 84.4 Å². The number of nitrogens with zero attached hydrogens (tertiary/aromatic N) is 4. The Hall–Kier alpha value is -3.53. The van der Waals surface area contributed by atoms with Gasteiger partial charge >= 0.3 is 0 Å². The smallest absolute Gasteiger partial charge is 0.243 e. The number of rotatable bonds is 6. The molecule has 0 saturated carbocycles. The largest absolute Gasteiger partial charge is 0.354 e. The predicted octanol–water partition coefficient (Wildman–Crippen LogP) is 0.699. The summed E-state index contributed by atoms with van der Waals surface area (Å²) in [5.41, 5.74) is 0.432. The zero-order valence-electron chi connectivity index (χ0n) is 18.2. The van der Waals surface area contributed by atoms with E-state index in [2.05, 4.69) is 25.4 Å². The van der Waals surface area contributed by atoms with Gasteiger partial charge in [-0.25, -0.2) is 9.37 Å². The third kappa shape index (κ3) is 5.83. The fraction of sp³-hybridized carbons (Fsp3) is 0.391. The first-order valence-electron chi connectivity index (χ1n) is 11.0. The summed E-state index contributed by atoms with van der Waals surface area (Å²) in [6, 6.07) is 10.3. The number of halogens is 1. The molecule has 3 amide bonds. The number of piperazine rings is 2. The lowest BCUT2D eigenvalue weighted by molar-refractivity contribution is -0.145. The molecular weight excluding hydrogens is 427 g/mol. The van der Waals surface area contributed by atoms with E-state index in [1.165, 1.54) is 29.2 Å². The lowest BCUT2D eigenvalue weighted by atomic mass is 10.1. The molecule has 0 bridgehead atoms. The minimum Gasteiger partial charge on any atom is -0.354 e. The Labute approximate surface area is 191 Å². The topological polar surface area (TPSA) is 97.9 Å². The van der Waals surface area contributed by atoms with Crippen molar-refractivity contribution in [3.05, 3.63) is 54.5 Å². The Morgan fingerprint density at radius 1 is 1.06 bits per heavy atom. The number of hydrogen-bond acceptors (Lipinski definition) is 6. The van der Waals surface area contributed by atoms with Gasteiger partial charge in [-0.2, -0.15) is 0 Å². The van der Waals surface area contributed by atoms with Gasteiger partial charge in [-0.3, -0.25) is 19.3 Å². The van der Waals surface area contributed by atoms with Crippen molar-refractivity contribution >= 4 is 29.2 Å². The van der Waals surface area contributed by atoms with E-state index >= 15 is 0 Å². The second kappa shape index (κ2) is 10.4. The average Bonchev–Trinajstić information content (AvgIpc) is 2.83. The number of nitrogens with one attached hydrogen (secondary N) is 2. The predicted molar refractivity (Wildman–Crippen MR) is 121 cm³/mol. The van der Waals surface area contributed by atoms with Gasteiger partial charge in [0.25, 0.3) is 0 Å². The summed E-state index contributed by atoms with van der Waals surface area (Å²) >= 11 is 0. The first kappa shape index (κ1) is 22.7. The third-order valence-corrected chi connectivity index (χ3v) is 5.86. The van der Waals surface area contributed by atoms with E-state index < -0.39 is 17.8 Å². The van der Waals surface area contributed by atoms with E-state index in [1.807, 2.05) is 18.2 Å².